The number of alkyl halides is 3. The fraction of sp³-hybridized carbons (Fsp3) is 0.737. The van der Waals surface area contributed by atoms with Gasteiger partial charge in [-0.2, -0.15) is 17.5 Å². The van der Waals surface area contributed by atoms with Crippen molar-refractivity contribution in [1.82, 2.24) is 14.6 Å². The molecule has 0 aliphatic carbocycles. The van der Waals surface area contributed by atoms with E-state index in [-0.39, 0.29) is 31.3 Å². The van der Waals surface area contributed by atoms with Gasteiger partial charge in [0.05, 0.1) is 17.9 Å². The minimum absolute atomic E-state index is 0.0823. The third-order valence-electron chi connectivity index (χ3n) is 5.64. The van der Waals surface area contributed by atoms with Crippen LogP contribution in [0, 0.1) is 5.92 Å². The van der Waals surface area contributed by atoms with Crippen LogP contribution in [-0.2, 0) is 20.9 Å². The van der Waals surface area contributed by atoms with Crippen LogP contribution >= 0.6 is 0 Å². The van der Waals surface area contributed by atoms with Gasteiger partial charge in [0.25, 0.3) is 0 Å². The van der Waals surface area contributed by atoms with Crippen molar-refractivity contribution in [2.75, 3.05) is 63.1 Å². The van der Waals surface area contributed by atoms with E-state index in [1.54, 1.807) is 4.90 Å². The van der Waals surface area contributed by atoms with E-state index in [4.69, 9.17) is 4.74 Å². The summed E-state index contributed by atoms with van der Waals surface area (Å²) in [5.74, 6) is 0.768. The summed E-state index contributed by atoms with van der Waals surface area (Å²) in [5.41, 5.74) is -0.760. The lowest BCUT2D eigenvalue weighted by atomic mass is 9.95. The number of nitrogens with zero attached hydrogens (tertiary/aromatic N) is 3. The van der Waals surface area contributed by atoms with Gasteiger partial charge in [-0.15, -0.1) is 0 Å². The number of halogens is 3. The lowest BCUT2D eigenvalue weighted by molar-refractivity contribution is -0.137. The highest BCUT2D eigenvalue weighted by atomic mass is 32.2. The first kappa shape index (κ1) is 23.2. The molecule has 0 amide bonds. The predicted octanol–water partition coefficient (Wildman–Crippen LogP) is 1.96. The number of nitrogens with one attached hydrogen (secondary N) is 1. The smallest absolute Gasteiger partial charge is 0.380 e. The number of rotatable bonds is 8. The Hall–Kier alpha value is -1.43. The molecule has 1 aromatic heterocycles. The van der Waals surface area contributed by atoms with Crippen molar-refractivity contribution < 1.29 is 26.3 Å². The van der Waals surface area contributed by atoms with Gasteiger partial charge in [0.1, 0.15) is 5.82 Å². The standard InChI is InChI=1S/C19H29F3N4O3S/c20-19(21,22)17-3-7-24-18(15-17)25-8-10-26(11-9-25)30(27,28)14-13-29-12-4-16-1-5-23-6-2-16/h3,7,15-16,23H,1-2,4-6,8-14H2. The van der Waals surface area contributed by atoms with E-state index in [2.05, 4.69) is 10.3 Å². The lowest BCUT2D eigenvalue weighted by Crippen LogP contribution is -2.49. The summed E-state index contributed by atoms with van der Waals surface area (Å²) in [4.78, 5) is 5.68. The number of aromatic nitrogens is 1. The summed E-state index contributed by atoms with van der Waals surface area (Å²) in [5, 5.41) is 3.31. The monoisotopic (exact) mass is 450 g/mol. The van der Waals surface area contributed by atoms with Crippen molar-refractivity contribution in [3.05, 3.63) is 23.9 Å². The second-order valence-electron chi connectivity index (χ2n) is 7.70. The molecular weight excluding hydrogens is 421 g/mol. The van der Waals surface area contributed by atoms with Crippen LogP contribution in [0.5, 0.6) is 0 Å². The fourth-order valence-corrected chi connectivity index (χ4v) is 5.09. The summed E-state index contributed by atoms with van der Waals surface area (Å²) in [6.07, 6.45) is -0.0943. The molecule has 0 spiro atoms. The summed E-state index contributed by atoms with van der Waals surface area (Å²) in [7, 11) is -3.45. The van der Waals surface area contributed by atoms with Gasteiger partial charge in [-0.25, -0.2) is 13.4 Å². The summed E-state index contributed by atoms with van der Waals surface area (Å²) >= 11 is 0. The summed E-state index contributed by atoms with van der Waals surface area (Å²) < 4.78 is 70.6. The molecule has 0 atom stereocenters. The molecule has 0 unspecified atom stereocenters. The second-order valence-corrected chi connectivity index (χ2v) is 9.79. The Bertz CT molecular complexity index is 777. The van der Waals surface area contributed by atoms with E-state index in [1.165, 1.54) is 4.31 Å². The molecule has 7 nitrogen and oxygen atoms in total. The first-order valence-electron chi connectivity index (χ1n) is 10.3. The van der Waals surface area contributed by atoms with Crippen LogP contribution in [-0.4, -0.2) is 75.9 Å². The van der Waals surface area contributed by atoms with Crippen LogP contribution in [0.3, 0.4) is 0 Å². The minimum Gasteiger partial charge on any atom is -0.380 e. The van der Waals surface area contributed by atoms with E-state index < -0.39 is 21.8 Å². The van der Waals surface area contributed by atoms with Crippen molar-refractivity contribution in [3.63, 3.8) is 0 Å². The van der Waals surface area contributed by atoms with E-state index in [0.717, 1.165) is 50.7 Å². The largest absolute Gasteiger partial charge is 0.416 e. The molecule has 0 radical (unpaired) electrons. The molecule has 3 heterocycles. The molecule has 170 valence electrons. The van der Waals surface area contributed by atoms with Crippen LogP contribution in [0.25, 0.3) is 0 Å². The topological polar surface area (TPSA) is 74.8 Å². The molecule has 0 bridgehead atoms. The summed E-state index contributed by atoms with van der Waals surface area (Å²) in [6, 6.07) is 1.93. The number of piperazine rings is 1. The Morgan fingerprint density at radius 3 is 2.50 bits per heavy atom. The Balaban J connectivity index is 1.41. The number of hydrogen-bond acceptors (Lipinski definition) is 6. The molecule has 0 saturated carbocycles. The van der Waals surface area contributed by atoms with Crippen molar-refractivity contribution in [3.8, 4) is 0 Å². The Morgan fingerprint density at radius 2 is 1.83 bits per heavy atom. The zero-order valence-electron chi connectivity index (χ0n) is 16.9. The van der Waals surface area contributed by atoms with E-state index in [0.29, 0.717) is 25.6 Å². The first-order valence-corrected chi connectivity index (χ1v) is 11.9. The van der Waals surface area contributed by atoms with Gasteiger partial charge in [0.15, 0.2) is 0 Å². The highest BCUT2D eigenvalue weighted by Crippen LogP contribution is 2.31. The highest BCUT2D eigenvalue weighted by molar-refractivity contribution is 7.89. The number of hydrogen-bond donors (Lipinski definition) is 1. The Kier molecular flexibility index (Phi) is 7.94. The molecule has 3 rings (SSSR count). The second kappa shape index (κ2) is 10.3. The third kappa shape index (κ3) is 6.53. The zero-order valence-corrected chi connectivity index (χ0v) is 17.7. The van der Waals surface area contributed by atoms with Gasteiger partial charge in [-0.3, -0.25) is 0 Å². The van der Waals surface area contributed by atoms with Crippen molar-refractivity contribution in [2.24, 2.45) is 5.92 Å². The zero-order chi connectivity index (χ0) is 21.6. The third-order valence-corrected chi connectivity index (χ3v) is 7.48. The van der Waals surface area contributed by atoms with Crippen LogP contribution in [0.4, 0.5) is 19.0 Å². The van der Waals surface area contributed by atoms with Crippen molar-refractivity contribution in [2.45, 2.75) is 25.4 Å². The summed E-state index contributed by atoms with van der Waals surface area (Å²) in [6.45, 7) is 3.80. The molecule has 2 fully saturated rings. The van der Waals surface area contributed by atoms with Gasteiger partial charge in [-0.05, 0) is 50.4 Å². The SMILES string of the molecule is O=S(=O)(CCOCCC1CCNCC1)N1CCN(c2cc(C(F)(F)F)ccn2)CC1. The quantitative estimate of drug-likeness (QED) is 0.611. The molecule has 11 heteroatoms. The van der Waals surface area contributed by atoms with Crippen LogP contribution in [0.1, 0.15) is 24.8 Å². The van der Waals surface area contributed by atoms with Crippen molar-refractivity contribution in [1.29, 1.82) is 0 Å². The van der Waals surface area contributed by atoms with Gasteiger partial charge in [0, 0.05) is 39.0 Å². The van der Waals surface area contributed by atoms with E-state index >= 15 is 0 Å². The molecule has 2 saturated heterocycles. The average molecular weight is 451 g/mol. The van der Waals surface area contributed by atoms with Gasteiger partial charge >= 0.3 is 6.18 Å². The normalized spacial score (nSPS) is 19.9. The average Bonchev–Trinajstić information content (AvgIpc) is 2.74. The molecule has 1 N–H and O–H groups in total. The number of sulfonamides is 1. The maximum Gasteiger partial charge on any atom is 0.416 e. The number of piperidine rings is 1. The highest BCUT2D eigenvalue weighted by Gasteiger charge is 2.32. The molecule has 2 aliphatic heterocycles. The molecule has 30 heavy (non-hydrogen) atoms. The van der Waals surface area contributed by atoms with Crippen LogP contribution < -0.4 is 10.2 Å². The predicted molar refractivity (Wildman–Crippen MR) is 108 cm³/mol. The minimum atomic E-state index is -4.43. The number of anilines is 1. The maximum atomic E-state index is 12.9. The van der Waals surface area contributed by atoms with Crippen LogP contribution in [0.2, 0.25) is 0 Å². The van der Waals surface area contributed by atoms with E-state index in [1.807, 2.05) is 0 Å². The number of pyridine rings is 1. The Labute approximate surface area is 175 Å². The van der Waals surface area contributed by atoms with Gasteiger partial charge in [0.2, 0.25) is 10.0 Å². The number of ether oxygens (including phenoxy) is 1. The molecule has 1 aromatic rings. The lowest BCUT2D eigenvalue weighted by Gasteiger charge is -2.34. The Morgan fingerprint density at radius 1 is 1.13 bits per heavy atom. The molecule has 2 aliphatic rings. The van der Waals surface area contributed by atoms with E-state index in [9.17, 15) is 21.6 Å². The van der Waals surface area contributed by atoms with Gasteiger partial charge in [-0.1, -0.05) is 0 Å². The first-order chi connectivity index (χ1) is 14.3. The molecular formula is C19H29F3N4O3S. The molecule has 0 aromatic carbocycles. The van der Waals surface area contributed by atoms with Crippen LogP contribution in [0.15, 0.2) is 18.3 Å². The fourth-order valence-electron chi connectivity index (χ4n) is 3.78. The van der Waals surface area contributed by atoms with Gasteiger partial charge < -0.3 is 15.0 Å². The maximum absolute atomic E-state index is 12.9. The van der Waals surface area contributed by atoms with Crippen molar-refractivity contribution >= 4 is 15.8 Å².